The van der Waals surface area contributed by atoms with Crippen LogP contribution in [0.1, 0.15) is 32.1 Å². The van der Waals surface area contributed by atoms with E-state index >= 15 is 0 Å². The Hall–Kier alpha value is -1.65. The van der Waals surface area contributed by atoms with Gasteiger partial charge in [0, 0.05) is 12.5 Å². The Morgan fingerprint density at radius 3 is 2.18 bits per heavy atom. The molecule has 0 radical (unpaired) electrons. The predicted molar refractivity (Wildman–Crippen MR) is 74.9 cm³/mol. The van der Waals surface area contributed by atoms with Gasteiger partial charge >= 0.3 is 0 Å². The molecule has 1 saturated heterocycles. The second-order valence-corrected chi connectivity index (χ2v) is 7.17. The summed E-state index contributed by atoms with van der Waals surface area (Å²) in [5.41, 5.74) is 0. The van der Waals surface area contributed by atoms with Crippen molar-refractivity contribution in [3.8, 4) is 0 Å². The van der Waals surface area contributed by atoms with E-state index in [0.717, 1.165) is 0 Å². The molecule has 1 heterocycles. The zero-order valence-corrected chi connectivity index (χ0v) is 12.4. The van der Waals surface area contributed by atoms with Crippen LogP contribution in [0.2, 0.25) is 0 Å². The van der Waals surface area contributed by atoms with Crippen LogP contribution in [0, 0.1) is 35.5 Å². The maximum Gasteiger partial charge on any atom is 0.233 e. The molecule has 0 spiro atoms. The van der Waals surface area contributed by atoms with Crippen LogP contribution < -0.4 is 5.11 Å². The molecule has 22 heavy (non-hydrogen) atoms. The second kappa shape index (κ2) is 4.93. The Kier molecular flexibility index (Phi) is 3.13. The first-order valence-corrected chi connectivity index (χ1v) is 8.33. The highest BCUT2D eigenvalue weighted by Gasteiger charge is 2.66. The average Bonchev–Trinajstić information content (AvgIpc) is 3.26. The minimum absolute atomic E-state index is 0.0135. The number of nitrogens with zero attached hydrogens (tertiary/aromatic N) is 1. The van der Waals surface area contributed by atoms with Crippen molar-refractivity contribution >= 4 is 17.8 Å². The zero-order chi connectivity index (χ0) is 15.4. The first kappa shape index (κ1) is 14.0. The summed E-state index contributed by atoms with van der Waals surface area (Å²) < 4.78 is 0. The Labute approximate surface area is 129 Å². The molecular weight excluding hydrogens is 282 g/mol. The third-order valence-electron chi connectivity index (χ3n) is 6.02. The average molecular weight is 302 g/mol. The van der Waals surface area contributed by atoms with Crippen molar-refractivity contribution in [2.45, 2.75) is 32.1 Å². The number of allylic oxidation sites excluding steroid dienone is 2. The van der Waals surface area contributed by atoms with E-state index in [4.69, 9.17) is 0 Å². The Bertz CT molecular complexity index is 533. The van der Waals surface area contributed by atoms with E-state index in [1.807, 2.05) is 0 Å². The molecule has 0 aromatic carbocycles. The predicted octanol–water partition coefficient (Wildman–Crippen LogP) is 0.350. The molecule has 2 bridgehead atoms. The molecule has 5 aliphatic rings. The molecular formula is C17H20NO4-. The van der Waals surface area contributed by atoms with Crippen LogP contribution in [0.4, 0.5) is 0 Å². The number of likely N-dealkylation sites (tertiary alicyclic amines) is 1. The van der Waals surface area contributed by atoms with E-state index in [0.29, 0.717) is 37.6 Å². The number of rotatable bonds is 6. The van der Waals surface area contributed by atoms with Crippen LogP contribution in [-0.2, 0) is 14.4 Å². The van der Waals surface area contributed by atoms with E-state index in [1.165, 1.54) is 11.3 Å². The summed E-state index contributed by atoms with van der Waals surface area (Å²) in [7, 11) is 0. The molecule has 0 unspecified atom stereocenters. The number of hydrogen-bond donors (Lipinski definition) is 0. The minimum atomic E-state index is -1.04. The van der Waals surface area contributed by atoms with Crippen molar-refractivity contribution in [3.63, 3.8) is 0 Å². The number of aliphatic carboxylic acids is 1. The maximum atomic E-state index is 12.6. The summed E-state index contributed by atoms with van der Waals surface area (Å²) >= 11 is 0. The monoisotopic (exact) mass is 302 g/mol. The molecule has 0 aromatic heterocycles. The highest BCUT2D eigenvalue weighted by Crippen LogP contribution is 2.65. The van der Waals surface area contributed by atoms with Gasteiger partial charge in [-0.05, 0) is 49.4 Å². The van der Waals surface area contributed by atoms with Gasteiger partial charge in [0.1, 0.15) is 0 Å². The summed E-state index contributed by atoms with van der Waals surface area (Å²) in [4.78, 5) is 37.1. The molecule has 118 valence electrons. The maximum absolute atomic E-state index is 12.6. The number of carbonyl (C=O) groups is 3. The number of carboxylic acid groups (broad SMARTS) is 1. The standard InChI is InChI=1S/C17H21NO4/c19-13(20)4-2-1-3-7-18-16(21)14-9-5-6-10(12-8-11(9)12)15(14)17(18)22/h5-6,9-12,14-15H,1-4,7-8H2,(H,19,20)/p-1/t9-,10+,11-,12+,14+,15-. The van der Waals surface area contributed by atoms with Gasteiger partial charge in [0.05, 0.1) is 11.8 Å². The van der Waals surface area contributed by atoms with Crippen LogP contribution in [-0.4, -0.2) is 29.2 Å². The first-order chi connectivity index (χ1) is 10.6. The van der Waals surface area contributed by atoms with Gasteiger partial charge in [-0.3, -0.25) is 14.5 Å². The quantitative estimate of drug-likeness (QED) is 0.403. The van der Waals surface area contributed by atoms with Crippen LogP contribution in [0.3, 0.4) is 0 Å². The van der Waals surface area contributed by atoms with Crippen molar-refractivity contribution in [3.05, 3.63) is 12.2 Å². The van der Waals surface area contributed by atoms with E-state index < -0.39 is 5.97 Å². The summed E-state index contributed by atoms with van der Waals surface area (Å²) in [6.07, 6.45) is 7.51. The summed E-state index contributed by atoms with van der Waals surface area (Å²) in [6, 6.07) is 0. The lowest BCUT2D eigenvalue weighted by molar-refractivity contribution is -0.305. The van der Waals surface area contributed by atoms with Gasteiger partial charge in [-0.2, -0.15) is 0 Å². The Morgan fingerprint density at radius 1 is 1.05 bits per heavy atom. The van der Waals surface area contributed by atoms with Crippen LogP contribution in [0.15, 0.2) is 12.2 Å². The molecule has 5 rings (SSSR count). The third kappa shape index (κ3) is 1.94. The molecule has 1 aliphatic heterocycles. The molecule has 3 fully saturated rings. The molecule has 5 nitrogen and oxygen atoms in total. The van der Waals surface area contributed by atoms with Gasteiger partial charge < -0.3 is 9.90 Å². The molecule has 2 saturated carbocycles. The topological polar surface area (TPSA) is 77.5 Å². The van der Waals surface area contributed by atoms with Gasteiger partial charge in [0.2, 0.25) is 11.8 Å². The van der Waals surface area contributed by atoms with Gasteiger partial charge in [-0.15, -0.1) is 0 Å². The van der Waals surface area contributed by atoms with Crippen molar-refractivity contribution in [2.75, 3.05) is 6.54 Å². The SMILES string of the molecule is O=C([O-])CCCCCN1C(=O)[C@@H]2[C@H]3C=C[C@H]([C@H]4C[C@@H]34)[C@@H]2C1=O. The smallest absolute Gasteiger partial charge is 0.233 e. The van der Waals surface area contributed by atoms with E-state index in [-0.39, 0.29) is 41.9 Å². The fourth-order valence-corrected chi connectivity index (χ4v) is 4.96. The number of unbranched alkanes of at least 4 members (excludes halogenated alkanes) is 2. The van der Waals surface area contributed by atoms with E-state index in [2.05, 4.69) is 12.2 Å². The van der Waals surface area contributed by atoms with E-state index in [9.17, 15) is 19.5 Å². The number of hydrogen-bond acceptors (Lipinski definition) is 4. The fourth-order valence-electron chi connectivity index (χ4n) is 4.96. The number of imide groups is 1. The van der Waals surface area contributed by atoms with Gasteiger partial charge in [0.15, 0.2) is 0 Å². The second-order valence-electron chi connectivity index (χ2n) is 7.17. The van der Waals surface area contributed by atoms with Gasteiger partial charge in [0.25, 0.3) is 0 Å². The fraction of sp³-hybridized carbons (Fsp3) is 0.706. The normalized spacial score (nSPS) is 40.8. The van der Waals surface area contributed by atoms with Gasteiger partial charge in [-0.1, -0.05) is 18.6 Å². The highest BCUT2D eigenvalue weighted by molar-refractivity contribution is 6.06. The van der Waals surface area contributed by atoms with Crippen LogP contribution in [0.5, 0.6) is 0 Å². The van der Waals surface area contributed by atoms with Crippen molar-refractivity contribution < 1.29 is 19.5 Å². The molecule has 5 heteroatoms. The van der Waals surface area contributed by atoms with Crippen molar-refractivity contribution in [1.82, 2.24) is 4.90 Å². The zero-order valence-electron chi connectivity index (χ0n) is 12.4. The number of carboxylic acids is 1. The molecule has 4 aliphatic carbocycles. The highest BCUT2D eigenvalue weighted by atomic mass is 16.4. The molecule has 6 atom stereocenters. The van der Waals surface area contributed by atoms with Gasteiger partial charge in [-0.25, -0.2) is 0 Å². The summed E-state index contributed by atoms with van der Waals surface area (Å²) in [5, 5.41) is 10.4. The van der Waals surface area contributed by atoms with E-state index in [1.54, 1.807) is 0 Å². The lowest BCUT2D eigenvalue weighted by Gasteiger charge is -2.37. The Morgan fingerprint density at radius 2 is 1.64 bits per heavy atom. The van der Waals surface area contributed by atoms with Crippen LogP contribution >= 0.6 is 0 Å². The largest absolute Gasteiger partial charge is 0.550 e. The van der Waals surface area contributed by atoms with Crippen molar-refractivity contribution in [2.24, 2.45) is 35.5 Å². The lowest BCUT2D eigenvalue weighted by atomic mass is 9.63. The molecule has 2 amide bonds. The molecule has 0 N–H and O–H groups in total. The lowest BCUT2D eigenvalue weighted by Crippen LogP contribution is -2.40. The summed E-state index contributed by atoms with van der Waals surface area (Å²) in [6.45, 7) is 0.437. The number of carbonyl (C=O) groups excluding carboxylic acids is 3. The Balaban J connectivity index is 1.39. The number of amides is 2. The van der Waals surface area contributed by atoms with Crippen molar-refractivity contribution in [1.29, 1.82) is 0 Å². The molecule has 0 aromatic rings. The van der Waals surface area contributed by atoms with Crippen LogP contribution in [0.25, 0.3) is 0 Å². The first-order valence-electron chi connectivity index (χ1n) is 8.33. The minimum Gasteiger partial charge on any atom is -0.550 e. The third-order valence-corrected chi connectivity index (χ3v) is 6.02. The summed E-state index contributed by atoms with van der Waals surface area (Å²) in [5.74, 6) is 0.579.